The lowest BCUT2D eigenvalue weighted by atomic mass is 10.4. The van der Waals surface area contributed by atoms with Gasteiger partial charge in [0.15, 0.2) is 0 Å². The molecule has 1 N–H and O–H groups in total. The molecule has 0 aliphatic rings. The molecule has 0 atom stereocenters. The van der Waals surface area contributed by atoms with Crippen molar-refractivity contribution >= 4 is 23.0 Å². The van der Waals surface area contributed by atoms with Crippen LogP contribution in [-0.2, 0) is 4.74 Å². The van der Waals surface area contributed by atoms with Gasteiger partial charge in [0.25, 0.3) is 0 Å². The Hall–Kier alpha value is -1.23. The van der Waals surface area contributed by atoms with E-state index in [1.807, 2.05) is 0 Å². The van der Waals surface area contributed by atoms with E-state index >= 15 is 0 Å². The molecule has 4 nitrogen and oxygen atoms in total. The van der Waals surface area contributed by atoms with Gasteiger partial charge in [0.2, 0.25) is 0 Å². The summed E-state index contributed by atoms with van der Waals surface area (Å²) in [7, 11) is 1.30. The third kappa shape index (κ3) is 1.43. The van der Waals surface area contributed by atoms with Crippen molar-refractivity contribution in [2.75, 3.05) is 7.11 Å². The number of thiophene rings is 1. The fraction of sp³-hybridized carbons (Fsp3) is 0.167. The van der Waals surface area contributed by atoms with Gasteiger partial charge in [-0.15, -0.1) is 11.3 Å². The Bertz CT molecular complexity index is 282. The SMILES string of the molecule is COC(=O)c1sccc1N=N. The fourth-order valence-electron chi connectivity index (χ4n) is 0.636. The molecule has 58 valence electrons. The van der Waals surface area contributed by atoms with Crippen LogP contribution in [0.3, 0.4) is 0 Å². The van der Waals surface area contributed by atoms with Crippen molar-refractivity contribution < 1.29 is 9.53 Å². The van der Waals surface area contributed by atoms with Gasteiger partial charge in [0.1, 0.15) is 10.6 Å². The lowest BCUT2D eigenvalue weighted by Gasteiger charge is -1.93. The molecular formula is C6H6N2O2S. The zero-order valence-electron chi connectivity index (χ0n) is 5.83. The normalized spacial score (nSPS) is 9.18. The summed E-state index contributed by atoms with van der Waals surface area (Å²) >= 11 is 1.22. The molecule has 1 aromatic heterocycles. The Morgan fingerprint density at radius 3 is 3.09 bits per heavy atom. The molecule has 0 aromatic carbocycles. The van der Waals surface area contributed by atoms with Crippen LogP contribution in [0.15, 0.2) is 16.6 Å². The summed E-state index contributed by atoms with van der Waals surface area (Å²) in [5.41, 5.74) is 7.06. The van der Waals surface area contributed by atoms with E-state index in [1.54, 1.807) is 11.4 Å². The second-order valence-electron chi connectivity index (χ2n) is 1.74. The summed E-state index contributed by atoms with van der Waals surface area (Å²) < 4.78 is 4.47. The quantitative estimate of drug-likeness (QED) is 0.546. The van der Waals surface area contributed by atoms with Gasteiger partial charge in [-0.1, -0.05) is 0 Å². The van der Waals surface area contributed by atoms with Crippen LogP contribution in [0.5, 0.6) is 0 Å². The summed E-state index contributed by atoms with van der Waals surface area (Å²) in [6.07, 6.45) is 0. The first-order valence-corrected chi connectivity index (χ1v) is 3.71. The summed E-state index contributed by atoms with van der Waals surface area (Å²) in [5.74, 6) is -0.439. The van der Waals surface area contributed by atoms with Gasteiger partial charge in [0.05, 0.1) is 7.11 Å². The van der Waals surface area contributed by atoms with Crippen LogP contribution in [0.1, 0.15) is 9.67 Å². The van der Waals surface area contributed by atoms with Crippen LogP contribution in [0.2, 0.25) is 0 Å². The van der Waals surface area contributed by atoms with E-state index in [4.69, 9.17) is 5.53 Å². The Labute approximate surface area is 67.3 Å². The number of nitrogens with one attached hydrogen (secondary N) is 1. The number of nitrogens with zero attached hydrogens (tertiary/aromatic N) is 1. The number of carbonyl (C=O) groups excluding carboxylic acids is 1. The molecule has 0 saturated carbocycles. The van der Waals surface area contributed by atoms with Crippen LogP contribution < -0.4 is 0 Å². The van der Waals surface area contributed by atoms with E-state index in [0.717, 1.165) is 0 Å². The highest BCUT2D eigenvalue weighted by Crippen LogP contribution is 2.25. The minimum atomic E-state index is -0.439. The lowest BCUT2D eigenvalue weighted by molar-refractivity contribution is 0.0607. The van der Waals surface area contributed by atoms with Gasteiger partial charge in [-0.05, 0) is 11.4 Å². The third-order valence-electron chi connectivity index (χ3n) is 1.14. The Morgan fingerprint density at radius 2 is 2.55 bits per heavy atom. The molecule has 0 bridgehead atoms. The Balaban J connectivity index is 3.01. The molecular weight excluding hydrogens is 164 g/mol. The highest BCUT2D eigenvalue weighted by molar-refractivity contribution is 7.12. The number of hydrogen-bond acceptors (Lipinski definition) is 5. The maximum atomic E-state index is 10.9. The molecule has 1 aromatic rings. The molecule has 0 unspecified atom stereocenters. The second-order valence-corrected chi connectivity index (χ2v) is 2.65. The maximum absolute atomic E-state index is 10.9. The Kier molecular flexibility index (Phi) is 2.32. The first-order valence-electron chi connectivity index (χ1n) is 2.83. The van der Waals surface area contributed by atoms with Crippen LogP contribution in [0, 0.1) is 5.53 Å². The lowest BCUT2D eigenvalue weighted by Crippen LogP contribution is -1.97. The third-order valence-corrected chi connectivity index (χ3v) is 2.02. The first kappa shape index (κ1) is 7.87. The number of ether oxygens (including phenoxy) is 1. The largest absolute Gasteiger partial charge is 0.465 e. The molecule has 0 amide bonds. The number of carbonyl (C=O) groups is 1. The van der Waals surface area contributed by atoms with E-state index in [1.165, 1.54) is 18.4 Å². The summed E-state index contributed by atoms with van der Waals surface area (Å²) in [4.78, 5) is 11.3. The molecule has 5 heteroatoms. The molecule has 0 radical (unpaired) electrons. The molecule has 0 spiro atoms. The van der Waals surface area contributed by atoms with Crippen LogP contribution in [0.4, 0.5) is 5.69 Å². The van der Waals surface area contributed by atoms with Gasteiger partial charge in [-0.3, -0.25) is 0 Å². The molecule has 0 aliphatic heterocycles. The smallest absolute Gasteiger partial charge is 0.350 e. The van der Waals surface area contributed by atoms with Crippen LogP contribution >= 0.6 is 11.3 Å². The Morgan fingerprint density at radius 1 is 1.82 bits per heavy atom. The van der Waals surface area contributed by atoms with E-state index < -0.39 is 5.97 Å². The topological polar surface area (TPSA) is 62.5 Å². The van der Waals surface area contributed by atoms with Gasteiger partial charge >= 0.3 is 5.97 Å². The molecule has 1 rings (SSSR count). The van der Waals surface area contributed by atoms with Crippen molar-refractivity contribution in [2.24, 2.45) is 5.11 Å². The first-order chi connectivity index (χ1) is 5.29. The minimum absolute atomic E-state index is 0.363. The van der Waals surface area contributed by atoms with E-state index in [2.05, 4.69) is 9.85 Å². The zero-order chi connectivity index (χ0) is 8.27. The highest BCUT2D eigenvalue weighted by Gasteiger charge is 2.12. The van der Waals surface area contributed by atoms with Crippen molar-refractivity contribution in [1.29, 1.82) is 5.53 Å². The summed E-state index contributed by atoms with van der Waals surface area (Å²) in [6.45, 7) is 0. The number of rotatable bonds is 2. The predicted octanol–water partition coefficient (Wildman–Crippen LogP) is 2.20. The van der Waals surface area contributed by atoms with Crippen molar-refractivity contribution in [3.8, 4) is 0 Å². The number of esters is 1. The van der Waals surface area contributed by atoms with E-state index in [9.17, 15) is 4.79 Å². The van der Waals surface area contributed by atoms with Gasteiger partial charge < -0.3 is 4.74 Å². The van der Waals surface area contributed by atoms with E-state index in [0.29, 0.717) is 10.6 Å². The van der Waals surface area contributed by atoms with Crippen molar-refractivity contribution in [3.63, 3.8) is 0 Å². The summed E-state index contributed by atoms with van der Waals surface area (Å²) in [6, 6.07) is 1.60. The van der Waals surface area contributed by atoms with Crippen molar-refractivity contribution in [1.82, 2.24) is 0 Å². The molecule has 0 fully saturated rings. The van der Waals surface area contributed by atoms with Gasteiger partial charge in [-0.25, -0.2) is 10.3 Å². The fourth-order valence-corrected chi connectivity index (χ4v) is 1.38. The molecule has 0 aliphatic carbocycles. The zero-order valence-corrected chi connectivity index (χ0v) is 6.64. The van der Waals surface area contributed by atoms with Crippen molar-refractivity contribution in [3.05, 3.63) is 16.3 Å². The molecule has 1 heterocycles. The monoisotopic (exact) mass is 170 g/mol. The van der Waals surface area contributed by atoms with E-state index in [-0.39, 0.29) is 0 Å². The average molecular weight is 170 g/mol. The van der Waals surface area contributed by atoms with Crippen LogP contribution in [0.25, 0.3) is 0 Å². The second kappa shape index (κ2) is 3.25. The van der Waals surface area contributed by atoms with Gasteiger partial charge in [-0.2, -0.15) is 5.11 Å². The molecule has 11 heavy (non-hydrogen) atoms. The number of hydrogen-bond donors (Lipinski definition) is 1. The molecule has 0 saturated heterocycles. The number of methoxy groups -OCH3 is 1. The summed E-state index contributed by atoms with van der Waals surface area (Å²) in [5, 5.41) is 4.85. The average Bonchev–Trinajstić information content (AvgIpc) is 2.50. The van der Waals surface area contributed by atoms with Crippen molar-refractivity contribution in [2.45, 2.75) is 0 Å². The maximum Gasteiger partial charge on any atom is 0.350 e. The predicted molar refractivity (Wildman–Crippen MR) is 40.5 cm³/mol. The van der Waals surface area contributed by atoms with Gasteiger partial charge in [0, 0.05) is 0 Å². The minimum Gasteiger partial charge on any atom is -0.465 e. The highest BCUT2D eigenvalue weighted by atomic mass is 32.1. The standard InChI is InChI=1S/C6H6N2O2S/c1-10-6(9)5-4(8-7)2-3-11-5/h2-3,7H,1H3. The van der Waals surface area contributed by atoms with Crippen LogP contribution in [-0.4, -0.2) is 13.1 Å².